The molecule has 4 rings (SSSR count). The number of ether oxygens (including phenoxy) is 1. The number of halogens is 1. The molecule has 2 fully saturated rings. The number of nitrogens with zero attached hydrogens (tertiary/aromatic N) is 3. The Hall–Kier alpha value is -2.00. The van der Waals surface area contributed by atoms with Crippen LogP contribution in [0, 0.1) is 22.6 Å². The van der Waals surface area contributed by atoms with Gasteiger partial charge >= 0.3 is 190 Å². The quantitative estimate of drug-likeness (QED) is 0.611. The molecule has 1 saturated carbocycles. The first-order valence-corrected chi connectivity index (χ1v) is 13.2. The van der Waals surface area contributed by atoms with Gasteiger partial charge in [-0.1, -0.05) is 0 Å². The van der Waals surface area contributed by atoms with E-state index in [0.717, 1.165) is 30.2 Å². The Balaban J connectivity index is 1.47. The van der Waals surface area contributed by atoms with Crippen molar-refractivity contribution in [3.8, 4) is 17.3 Å². The number of nitrogens with one attached hydrogen (secondary N) is 1. The van der Waals surface area contributed by atoms with E-state index in [-0.39, 0.29) is 5.82 Å². The third-order valence-electron chi connectivity index (χ3n) is 6.30. The normalized spacial score (nSPS) is 23.5. The average Bonchev–Trinajstić information content (AvgIpc) is 2.81. The SMILES string of the molecule is N#CC1(CNc2cccc(-c3cc([AsH][C@H]4CC[C@H](N)CC4)ncc3F)n2)CCOCC1. The van der Waals surface area contributed by atoms with Gasteiger partial charge in [0.15, 0.2) is 0 Å². The summed E-state index contributed by atoms with van der Waals surface area (Å²) in [7, 11) is 0. The topological polar surface area (TPSA) is 96.9 Å². The Kier molecular flexibility index (Phi) is 7.22. The van der Waals surface area contributed by atoms with Crippen molar-refractivity contribution in [3.63, 3.8) is 0 Å². The van der Waals surface area contributed by atoms with Gasteiger partial charge in [-0.3, -0.25) is 0 Å². The molecule has 1 unspecified atom stereocenters. The molecule has 0 radical (unpaired) electrons. The number of hydrogen-bond acceptors (Lipinski definition) is 6. The molecule has 0 spiro atoms. The molecular formula is C23H29AsFN5O. The molecule has 1 aliphatic carbocycles. The fourth-order valence-corrected chi connectivity index (χ4v) is 7.17. The minimum absolute atomic E-state index is 0.334. The van der Waals surface area contributed by atoms with E-state index in [1.54, 1.807) is 0 Å². The van der Waals surface area contributed by atoms with Crippen molar-refractivity contribution in [3.05, 3.63) is 36.3 Å². The van der Waals surface area contributed by atoms with Gasteiger partial charge in [-0.2, -0.15) is 0 Å². The van der Waals surface area contributed by atoms with Gasteiger partial charge in [-0.25, -0.2) is 0 Å². The Labute approximate surface area is 189 Å². The first kappa shape index (κ1) is 22.2. The fraction of sp³-hybridized carbons (Fsp3) is 0.522. The van der Waals surface area contributed by atoms with Crippen LogP contribution in [0.3, 0.4) is 0 Å². The van der Waals surface area contributed by atoms with E-state index < -0.39 is 21.2 Å². The predicted octanol–water partition coefficient (Wildman–Crippen LogP) is 2.77. The van der Waals surface area contributed by atoms with Gasteiger partial charge in [0.1, 0.15) is 0 Å². The van der Waals surface area contributed by atoms with Crippen LogP contribution in [-0.4, -0.2) is 51.5 Å². The van der Waals surface area contributed by atoms with Crippen LogP contribution < -0.4 is 15.5 Å². The zero-order chi connectivity index (χ0) is 21.7. The zero-order valence-corrected chi connectivity index (χ0v) is 19.7. The summed E-state index contributed by atoms with van der Waals surface area (Å²) in [6.07, 6.45) is 7.19. The number of rotatable bonds is 6. The van der Waals surface area contributed by atoms with E-state index in [1.807, 2.05) is 24.3 Å². The van der Waals surface area contributed by atoms with Gasteiger partial charge < -0.3 is 0 Å². The molecule has 3 heterocycles. The number of pyridine rings is 2. The van der Waals surface area contributed by atoms with Crippen LogP contribution in [0.25, 0.3) is 11.3 Å². The van der Waals surface area contributed by atoms with Crippen molar-refractivity contribution in [1.82, 2.24) is 9.97 Å². The molecule has 1 saturated heterocycles. The number of anilines is 1. The van der Waals surface area contributed by atoms with Gasteiger partial charge in [-0.05, 0) is 0 Å². The van der Waals surface area contributed by atoms with Crippen molar-refractivity contribution in [2.45, 2.75) is 49.3 Å². The Morgan fingerprint density at radius 1 is 1.26 bits per heavy atom. The minimum atomic E-state index is -0.448. The zero-order valence-electron chi connectivity index (χ0n) is 17.6. The van der Waals surface area contributed by atoms with E-state index in [9.17, 15) is 9.65 Å². The van der Waals surface area contributed by atoms with E-state index in [1.165, 1.54) is 6.20 Å². The molecule has 0 bridgehead atoms. The summed E-state index contributed by atoms with van der Waals surface area (Å²) in [6.45, 7) is 1.71. The molecule has 0 aromatic carbocycles. The van der Waals surface area contributed by atoms with Gasteiger partial charge in [-0.15, -0.1) is 0 Å². The van der Waals surface area contributed by atoms with Crippen LogP contribution >= 0.6 is 0 Å². The number of hydrogen-bond donors (Lipinski definition) is 2. The van der Waals surface area contributed by atoms with E-state index in [0.29, 0.717) is 60.4 Å². The molecule has 2 aliphatic rings. The summed E-state index contributed by atoms with van der Waals surface area (Å²) in [5, 5.41) is 12.9. The van der Waals surface area contributed by atoms with Crippen molar-refractivity contribution < 1.29 is 9.13 Å². The Bertz CT molecular complexity index is 936. The van der Waals surface area contributed by atoms with Crippen molar-refractivity contribution in [1.29, 1.82) is 5.26 Å². The standard InChI is InChI=1S/C23H29AsFN5O/c25-19-13-28-21(24-16-4-6-17(27)7-5-16)12-18(19)20-2-1-3-22(30-20)29-15-23(14-26)8-10-31-11-9-23/h1-3,12-13,16-17,24H,4-11,15,27H2,(H,29,30)/t16-,17-. The molecule has 1 aliphatic heterocycles. The first-order chi connectivity index (χ1) is 15.1. The molecule has 1 atom stereocenters. The van der Waals surface area contributed by atoms with Crippen molar-refractivity contribution >= 4 is 26.1 Å². The molecule has 31 heavy (non-hydrogen) atoms. The van der Waals surface area contributed by atoms with Crippen LogP contribution in [0.4, 0.5) is 10.2 Å². The van der Waals surface area contributed by atoms with Crippen molar-refractivity contribution in [2.24, 2.45) is 11.1 Å². The Morgan fingerprint density at radius 3 is 2.77 bits per heavy atom. The van der Waals surface area contributed by atoms with Gasteiger partial charge in [0, 0.05) is 0 Å². The molecule has 2 aromatic heterocycles. The van der Waals surface area contributed by atoms with E-state index >= 15 is 0 Å². The molecule has 2 aromatic rings. The average molecular weight is 485 g/mol. The number of nitrogens with two attached hydrogens (primary N) is 1. The second-order valence-corrected chi connectivity index (χ2v) is 12.0. The summed E-state index contributed by atoms with van der Waals surface area (Å²) in [5.41, 5.74) is 6.65. The van der Waals surface area contributed by atoms with E-state index in [2.05, 4.69) is 21.4 Å². The van der Waals surface area contributed by atoms with E-state index in [4.69, 9.17) is 10.5 Å². The summed E-state index contributed by atoms with van der Waals surface area (Å²) in [4.78, 5) is 9.00. The maximum absolute atomic E-state index is 14.6. The first-order valence-electron chi connectivity index (χ1n) is 10.9. The monoisotopic (exact) mass is 485 g/mol. The molecule has 164 valence electrons. The second kappa shape index (κ2) is 10.1. The number of aromatic nitrogens is 2. The Morgan fingerprint density at radius 2 is 2.03 bits per heavy atom. The summed E-state index contributed by atoms with van der Waals surface area (Å²) >= 11 is -0.448. The van der Waals surface area contributed by atoms with Crippen LogP contribution in [0.2, 0.25) is 4.71 Å². The summed E-state index contributed by atoms with van der Waals surface area (Å²) in [5.74, 6) is 0.289. The van der Waals surface area contributed by atoms with Crippen LogP contribution in [0.1, 0.15) is 38.5 Å². The molecular weight excluding hydrogens is 456 g/mol. The van der Waals surface area contributed by atoms with Crippen LogP contribution in [0.5, 0.6) is 0 Å². The molecule has 8 heteroatoms. The van der Waals surface area contributed by atoms with Gasteiger partial charge in [0.05, 0.1) is 0 Å². The van der Waals surface area contributed by atoms with Crippen LogP contribution in [0.15, 0.2) is 30.5 Å². The summed E-state index contributed by atoms with van der Waals surface area (Å²) in [6, 6.07) is 10.2. The van der Waals surface area contributed by atoms with Crippen LogP contribution in [-0.2, 0) is 4.74 Å². The molecule has 0 amide bonds. The summed E-state index contributed by atoms with van der Waals surface area (Å²) < 4.78 is 21.7. The third-order valence-corrected chi connectivity index (χ3v) is 9.56. The van der Waals surface area contributed by atoms with Gasteiger partial charge in [0.25, 0.3) is 0 Å². The number of nitriles is 1. The molecule has 6 nitrogen and oxygen atoms in total. The maximum atomic E-state index is 14.6. The predicted molar refractivity (Wildman–Crippen MR) is 121 cm³/mol. The van der Waals surface area contributed by atoms with Crippen molar-refractivity contribution in [2.75, 3.05) is 25.1 Å². The van der Waals surface area contributed by atoms with Gasteiger partial charge in [0.2, 0.25) is 0 Å². The second-order valence-electron chi connectivity index (χ2n) is 8.57. The fourth-order valence-electron chi connectivity index (χ4n) is 4.22. The molecule has 3 N–H and O–H groups in total. The third kappa shape index (κ3) is 5.63.